The molecular weight excluding hydrogens is 262 g/mol. The zero-order valence-electron chi connectivity index (χ0n) is 12.6. The first-order chi connectivity index (χ1) is 9.34. The summed E-state index contributed by atoms with van der Waals surface area (Å²) in [6.45, 7) is 9.63. The highest BCUT2D eigenvalue weighted by Gasteiger charge is 2.29. The van der Waals surface area contributed by atoms with Crippen molar-refractivity contribution in [1.82, 2.24) is 16.0 Å². The quantitative estimate of drug-likeness (QED) is 0.662. The van der Waals surface area contributed by atoms with E-state index in [0.717, 1.165) is 6.54 Å². The summed E-state index contributed by atoms with van der Waals surface area (Å²) in [7, 11) is 0. The maximum absolute atomic E-state index is 11.7. The van der Waals surface area contributed by atoms with Crippen molar-refractivity contribution in [2.24, 2.45) is 0 Å². The zero-order chi connectivity index (χ0) is 15.2. The number of ether oxygens (including phenoxy) is 2. The third-order valence-electron chi connectivity index (χ3n) is 2.88. The molecule has 0 aromatic rings. The van der Waals surface area contributed by atoms with Crippen LogP contribution in [0.5, 0.6) is 0 Å². The van der Waals surface area contributed by atoms with E-state index in [0.29, 0.717) is 19.7 Å². The van der Waals surface area contributed by atoms with Crippen molar-refractivity contribution < 1.29 is 19.1 Å². The molecule has 0 spiro atoms. The summed E-state index contributed by atoms with van der Waals surface area (Å²) in [4.78, 5) is 22.9. The molecule has 2 unspecified atom stereocenters. The lowest BCUT2D eigenvalue weighted by atomic mass is 10.1. The first-order valence-corrected chi connectivity index (χ1v) is 6.93. The largest absolute Gasteiger partial charge is 0.367 e. The Hall–Kier alpha value is -1.18. The van der Waals surface area contributed by atoms with Gasteiger partial charge < -0.3 is 20.1 Å². The molecule has 0 radical (unpaired) electrons. The Morgan fingerprint density at radius 3 is 2.80 bits per heavy atom. The molecule has 0 aromatic heterocycles. The van der Waals surface area contributed by atoms with Crippen LogP contribution in [-0.2, 0) is 14.3 Å². The van der Waals surface area contributed by atoms with Crippen molar-refractivity contribution in [3.8, 4) is 0 Å². The predicted octanol–water partition coefficient (Wildman–Crippen LogP) is 0.00420. The number of hydrogen-bond donors (Lipinski definition) is 3. The van der Waals surface area contributed by atoms with Gasteiger partial charge >= 0.3 is 6.03 Å². The molecule has 1 aliphatic rings. The van der Waals surface area contributed by atoms with Crippen LogP contribution in [-0.4, -0.2) is 56.0 Å². The molecule has 0 aromatic carbocycles. The lowest BCUT2D eigenvalue weighted by molar-refractivity contribution is -0.144. The zero-order valence-corrected chi connectivity index (χ0v) is 12.6. The van der Waals surface area contributed by atoms with E-state index in [2.05, 4.69) is 16.0 Å². The Morgan fingerprint density at radius 1 is 1.50 bits per heavy atom. The molecule has 3 N–H and O–H groups in total. The fourth-order valence-electron chi connectivity index (χ4n) is 1.91. The highest BCUT2D eigenvalue weighted by atomic mass is 16.6. The normalized spacial score (nSPS) is 22.9. The van der Waals surface area contributed by atoms with Crippen LogP contribution >= 0.6 is 0 Å². The summed E-state index contributed by atoms with van der Waals surface area (Å²) in [5, 5.41) is 7.96. The number of morpholine rings is 1. The summed E-state index contributed by atoms with van der Waals surface area (Å²) in [5.41, 5.74) is -0.237. The molecule has 20 heavy (non-hydrogen) atoms. The lowest BCUT2D eigenvalue weighted by Crippen LogP contribution is -2.52. The number of hydrogen-bond acceptors (Lipinski definition) is 5. The topological polar surface area (TPSA) is 88.7 Å². The van der Waals surface area contributed by atoms with Crippen molar-refractivity contribution in [3.63, 3.8) is 0 Å². The van der Waals surface area contributed by atoms with Crippen LogP contribution in [0.4, 0.5) is 4.79 Å². The fraction of sp³-hybridized carbons (Fsp3) is 0.846. The molecule has 7 nitrogen and oxygen atoms in total. The number of rotatable bonds is 5. The van der Waals surface area contributed by atoms with Crippen molar-refractivity contribution in [3.05, 3.63) is 0 Å². The maximum atomic E-state index is 11.7. The Labute approximate surface area is 119 Å². The number of amides is 3. The minimum atomic E-state index is -0.703. The van der Waals surface area contributed by atoms with E-state index >= 15 is 0 Å². The van der Waals surface area contributed by atoms with Crippen molar-refractivity contribution in [2.75, 3.05) is 26.2 Å². The molecule has 1 rings (SSSR count). The van der Waals surface area contributed by atoms with Gasteiger partial charge in [0, 0.05) is 19.6 Å². The van der Waals surface area contributed by atoms with Crippen LogP contribution in [0.25, 0.3) is 0 Å². The highest BCUT2D eigenvalue weighted by Crippen LogP contribution is 2.15. The second-order valence-corrected chi connectivity index (χ2v) is 5.45. The van der Waals surface area contributed by atoms with Gasteiger partial charge in [-0.1, -0.05) is 0 Å². The summed E-state index contributed by atoms with van der Waals surface area (Å²) in [6, 6.07) is -0.510. The Kier molecular flexibility index (Phi) is 6.38. The van der Waals surface area contributed by atoms with E-state index in [-0.39, 0.29) is 11.7 Å². The Bertz CT molecular complexity index is 347. The van der Waals surface area contributed by atoms with Gasteiger partial charge in [-0.2, -0.15) is 0 Å². The maximum Gasteiger partial charge on any atom is 0.321 e. The molecule has 1 fully saturated rings. The van der Waals surface area contributed by atoms with E-state index in [1.54, 1.807) is 13.8 Å². The van der Waals surface area contributed by atoms with Crippen LogP contribution in [0.3, 0.4) is 0 Å². The minimum absolute atomic E-state index is 0.0986. The van der Waals surface area contributed by atoms with Gasteiger partial charge in [-0.15, -0.1) is 0 Å². The molecule has 0 saturated carbocycles. The Balaban J connectivity index is 2.30. The number of urea groups is 1. The molecular formula is C13H25N3O4. The Morgan fingerprint density at radius 2 is 2.20 bits per heavy atom. The molecule has 1 saturated heterocycles. The smallest absolute Gasteiger partial charge is 0.321 e. The van der Waals surface area contributed by atoms with Crippen LogP contribution in [0.15, 0.2) is 0 Å². The van der Waals surface area contributed by atoms with Crippen LogP contribution < -0.4 is 16.0 Å². The van der Waals surface area contributed by atoms with Gasteiger partial charge in [-0.25, -0.2) is 4.79 Å². The van der Waals surface area contributed by atoms with Crippen LogP contribution in [0.1, 0.15) is 27.7 Å². The standard InChI is InChI=1S/C13H25N3O4/c1-5-15-12(18)16-11(17)9(2)19-7-10-6-14-8-13(3,4)20-10/h9-10,14H,5-8H2,1-4H3,(H2,15,16,17,18). The van der Waals surface area contributed by atoms with E-state index < -0.39 is 18.0 Å². The van der Waals surface area contributed by atoms with Gasteiger partial charge in [0.15, 0.2) is 0 Å². The van der Waals surface area contributed by atoms with E-state index in [1.165, 1.54) is 0 Å². The minimum Gasteiger partial charge on any atom is -0.367 e. The van der Waals surface area contributed by atoms with Crippen LogP contribution in [0, 0.1) is 0 Å². The van der Waals surface area contributed by atoms with E-state index in [4.69, 9.17) is 9.47 Å². The number of nitrogens with one attached hydrogen (secondary N) is 3. The lowest BCUT2D eigenvalue weighted by Gasteiger charge is -2.36. The van der Waals surface area contributed by atoms with Crippen molar-refractivity contribution >= 4 is 11.9 Å². The van der Waals surface area contributed by atoms with Gasteiger partial charge in [0.05, 0.1) is 18.3 Å². The predicted molar refractivity (Wildman–Crippen MR) is 74.5 cm³/mol. The van der Waals surface area contributed by atoms with Crippen molar-refractivity contribution in [2.45, 2.75) is 45.5 Å². The molecule has 2 atom stereocenters. The molecule has 1 heterocycles. The SMILES string of the molecule is CCNC(=O)NC(=O)C(C)OCC1CNCC(C)(C)O1. The number of carbonyl (C=O) groups is 2. The first kappa shape index (κ1) is 16.9. The highest BCUT2D eigenvalue weighted by molar-refractivity contribution is 5.96. The summed E-state index contributed by atoms with van der Waals surface area (Å²) >= 11 is 0. The van der Waals surface area contributed by atoms with Gasteiger partial charge in [0.1, 0.15) is 6.10 Å². The first-order valence-electron chi connectivity index (χ1n) is 6.93. The van der Waals surface area contributed by atoms with Crippen molar-refractivity contribution in [1.29, 1.82) is 0 Å². The molecule has 0 aliphatic carbocycles. The monoisotopic (exact) mass is 287 g/mol. The van der Waals surface area contributed by atoms with Gasteiger partial charge in [0.2, 0.25) is 0 Å². The fourth-order valence-corrected chi connectivity index (χ4v) is 1.91. The summed E-state index contributed by atoms with van der Waals surface area (Å²) < 4.78 is 11.3. The molecule has 1 aliphatic heterocycles. The van der Waals surface area contributed by atoms with Crippen LogP contribution in [0.2, 0.25) is 0 Å². The second kappa shape index (κ2) is 7.56. The molecule has 7 heteroatoms. The summed E-state index contributed by atoms with van der Waals surface area (Å²) in [5.74, 6) is -0.459. The van der Waals surface area contributed by atoms with Gasteiger partial charge in [-0.3, -0.25) is 10.1 Å². The number of imide groups is 1. The number of carbonyl (C=O) groups excluding carboxylic acids is 2. The molecule has 3 amide bonds. The van der Waals surface area contributed by atoms with Gasteiger partial charge in [0.25, 0.3) is 5.91 Å². The molecule has 0 bridgehead atoms. The third-order valence-corrected chi connectivity index (χ3v) is 2.88. The second-order valence-electron chi connectivity index (χ2n) is 5.45. The average Bonchev–Trinajstić information content (AvgIpc) is 2.35. The van der Waals surface area contributed by atoms with E-state index in [9.17, 15) is 9.59 Å². The van der Waals surface area contributed by atoms with E-state index in [1.807, 2.05) is 13.8 Å². The molecule has 116 valence electrons. The third kappa shape index (κ3) is 5.85. The van der Waals surface area contributed by atoms with Gasteiger partial charge in [-0.05, 0) is 27.7 Å². The average molecular weight is 287 g/mol. The summed E-state index contributed by atoms with van der Waals surface area (Å²) in [6.07, 6.45) is -0.801.